The molecule has 4 rings (SSSR count). The summed E-state index contributed by atoms with van der Waals surface area (Å²) in [5.41, 5.74) is 1.99. The van der Waals surface area contributed by atoms with E-state index in [9.17, 15) is 9.59 Å². The standard InChI is InChI=1S/C27H32BrN3O5/c1-5-34-25(32)14-18-8-6-7-9-24(18)35-17-23-21-15-19(28)10-11-22(21)29-31(23)20-12-13-30(16-20)26(33)36-27(2,3)4/h6-11,15,20H,5,12-14,16-17H2,1-4H3/t20-/m0/s1. The lowest BCUT2D eigenvalue weighted by Gasteiger charge is -2.24. The topological polar surface area (TPSA) is 82.9 Å². The van der Waals surface area contributed by atoms with Gasteiger partial charge in [0.15, 0.2) is 0 Å². The normalized spacial score (nSPS) is 15.8. The number of aromatic nitrogens is 2. The number of carbonyl (C=O) groups excluding carboxylic acids is 2. The number of likely N-dealkylation sites (tertiary alicyclic amines) is 1. The molecular formula is C27H32BrN3O5. The van der Waals surface area contributed by atoms with E-state index in [1.165, 1.54) is 0 Å². The summed E-state index contributed by atoms with van der Waals surface area (Å²) in [6, 6.07) is 13.4. The summed E-state index contributed by atoms with van der Waals surface area (Å²) in [6.07, 6.45) is 0.597. The van der Waals surface area contributed by atoms with Crippen LogP contribution in [-0.2, 0) is 27.3 Å². The van der Waals surface area contributed by atoms with E-state index in [0.29, 0.717) is 25.4 Å². The van der Waals surface area contributed by atoms with Gasteiger partial charge in [-0.05, 0) is 58.4 Å². The smallest absolute Gasteiger partial charge is 0.410 e. The van der Waals surface area contributed by atoms with Crippen LogP contribution in [0.15, 0.2) is 46.9 Å². The van der Waals surface area contributed by atoms with E-state index in [1.54, 1.807) is 11.8 Å². The maximum absolute atomic E-state index is 12.6. The van der Waals surface area contributed by atoms with Gasteiger partial charge >= 0.3 is 12.1 Å². The van der Waals surface area contributed by atoms with E-state index in [2.05, 4.69) is 15.9 Å². The van der Waals surface area contributed by atoms with Gasteiger partial charge in [0.05, 0.1) is 30.3 Å². The molecular weight excluding hydrogens is 526 g/mol. The summed E-state index contributed by atoms with van der Waals surface area (Å²) in [4.78, 5) is 26.4. The Kier molecular flexibility index (Phi) is 7.88. The van der Waals surface area contributed by atoms with E-state index >= 15 is 0 Å². The minimum Gasteiger partial charge on any atom is -0.487 e. The van der Waals surface area contributed by atoms with Crippen LogP contribution in [0.3, 0.4) is 0 Å². The number of hydrogen-bond acceptors (Lipinski definition) is 6. The highest BCUT2D eigenvalue weighted by molar-refractivity contribution is 9.10. The van der Waals surface area contributed by atoms with Gasteiger partial charge in [-0.25, -0.2) is 4.79 Å². The van der Waals surface area contributed by atoms with Gasteiger partial charge in [-0.1, -0.05) is 34.1 Å². The molecule has 1 aliphatic rings. The molecule has 1 fully saturated rings. The van der Waals surface area contributed by atoms with Crippen molar-refractivity contribution in [2.45, 2.75) is 58.8 Å². The molecule has 1 amide bonds. The number of amides is 1. The highest BCUT2D eigenvalue weighted by Crippen LogP contribution is 2.31. The van der Waals surface area contributed by atoms with Gasteiger partial charge in [-0.15, -0.1) is 0 Å². The van der Waals surface area contributed by atoms with Gasteiger partial charge in [-0.2, -0.15) is 5.10 Å². The quantitative estimate of drug-likeness (QED) is 0.348. The zero-order chi connectivity index (χ0) is 25.9. The van der Waals surface area contributed by atoms with Crippen molar-refractivity contribution in [3.05, 3.63) is 58.2 Å². The van der Waals surface area contributed by atoms with Gasteiger partial charge in [0, 0.05) is 28.5 Å². The number of benzene rings is 2. The van der Waals surface area contributed by atoms with Crippen LogP contribution in [0.1, 0.15) is 51.4 Å². The lowest BCUT2D eigenvalue weighted by molar-refractivity contribution is -0.142. The fourth-order valence-corrected chi connectivity index (χ4v) is 4.67. The first kappa shape index (κ1) is 26.0. The molecule has 3 aromatic rings. The summed E-state index contributed by atoms with van der Waals surface area (Å²) >= 11 is 3.57. The molecule has 0 saturated carbocycles. The average molecular weight is 558 g/mol. The first-order chi connectivity index (χ1) is 17.1. The van der Waals surface area contributed by atoms with Gasteiger partial charge < -0.3 is 19.1 Å². The highest BCUT2D eigenvalue weighted by Gasteiger charge is 2.32. The third kappa shape index (κ3) is 6.19. The van der Waals surface area contributed by atoms with E-state index in [4.69, 9.17) is 19.3 Å². The van der Waals surface area contributed by atoms with Crippen LogP contribution in [0.2, 0.25) is 0 Å². The molecule has 0 N–H and O–H groups in total. The second kappa shape index (κ2) is 10.9. The van der Waals surface area contributed by atoms with Crippen LogP contribution in [0, 0.1) is 0 Å². The van der Waals surface area contributed by atoms with E-state index in [0.717, 1.165) is 33.1 Å². The van der Waals surface area contributed by atoms with Crippen molar-refractivity contribution in [2.24, 2.45) is 0 Å². The molecule has 0 bridgehead atoms. The second-order valence-corrected chi connectivity index (χ2v) is 10.7. The van der Waals surface area contributed by atoms with Crippen LogP contribution in [0.5, 0.6) is 5.75 Å². The maximum Gasteiger partial charge on any atom is 0.410 e. The Balaban J connectivity index is 1.58. The number of esters is 1. The number of para-hydroxylation sites is 1. The molecule has 9 heteroatoms. The van der Waals surface area contributed by atoms with E-state index in [-0.39, 0.29) is 31.1 Å². The zero-order valence-electron chi connectivity index (χ0n) is 21.1. The van der Waals surface area contributed by atoms with Crippen LogP contribution in [-0.4, -0.2) is 52.0 Å². The van der Waals surface area contributed by atoms with Gasteiger partial charge in [0.1, 0.15) is 18.0 Å². The first-order valence-corrected chi connectivity index (χ1v) is 12.9. The number of hydrogen-bond donors (Lipinski definition) is 0. The largest absolute Gasteiger partial charge is 0.487 e. The van der Waals surface area contributed by atoms with Crippen molar-refractivity contribution < 1.29 is 23.8 Å². The summed E-state index contributed by atoms with van der Waals surface area (Å²) in [7, 11) is 0. The van der Waals surface area contributed by atoms with Crippen LogP contribution >= 0.6 is 15.9 Å². The molecule has 8 nitrogen and oxygen atoms in total. The van der Waals surface area contributed by atoms with Crippen molar-refractivity contribution in [1.29, 1.82) is 0 Å². The Morgan fingerprint density at radius 1 is 1.17 bits per heavy atom. The molecule has 1 atom stereocenters. The number of carbonyl (C=O) groups is 2. The SMILES string of the molecule is CCOC(=O)Cc1ccccc1OCc1c2cc(Br)ccc2nn1[C@H]1CCN(C(=O)OC(C)(C)C)C1. The van der Waals surface area contributed by atoms with Gasteiger partial charge in [0.25, 0.3) is 0 Å². The summed E-state index contributed by atoms with van der Waals surface area (Å²) in [5, 5.41) is 5.85. The number of nitrogens with zero attached hydrogens (tertiary/aromatic N) is 3. The molecule has 0 spiro atoms. The Labute approximate surface area is 219 Å². The third-order valence-electron chi connectivity index (χ3n) is 5.90. The number of ether oxygens (including phenoxy) is 3. The second-order valence-electron chi connectivity index (χ2n) is 9.80. The summed E-state index contributed by atoms with van der Waals surface area (Å²) < 4.78 is 19.9. The number of halogens is 1. The lowest BCUT2D eigenvalue weighted by Crippen LogP contribution is -2.35. The Morgan fingerprint density at radius 3 is 2.69 bits per heavy atom. The van der Waals surface area contributed by atoms with Crippen LogP contribution < -0.4 is 4.74 Å². The molecule has 1 saturated heterocycles. The van der Waals surface area contributed by atoms with Crippen molar-refractivity contribution in [3.8, 4) is 5.75 Å². The lowest BCUT2D eigenvalue weighted by atomic mass is 10.1. The van der Waals surface area contributed by atoms with Crippen molar-refractivity contribution in [2.75, 3.05) is 19.7 Å². The van der Waals surface area contributed by atoms with Crippen molar-refractivity contribution in [1.82, 2.24) is 14.7 Å². The van der Waals surface area contributed by atoms with Crippen molar-refractivity contribution >= 4 is 38.9 Å². The maximum atomic E-state index is 12.6. The predicted molar refractivity (Wildman–Crippen MR) is 140 cm³/mol. The number of fused-ring (bicyclic) bond motifs is 1. The Hall–Kier alpha value is -3.07. The van der Waals surface area contributed by atoms with Crippen LogP contribution in [0.4, 0.5) is 4.79 Å². The van der Waals surface area contributed by atoms with E-state index in [1.807, 2.05) is 67.9 Å². The molecule has 192 valence electrons. The minimum absolute atomic E-state index is 0.00271. The monoisotopic (exact) mass is 557 g/mol. The van der Waals surface area contributed by atoms with E-state index < -0.39 is 5.60 Å². The molecule has 0 unspecified atom stereocenters. The Morgan fingerprint density at radius 2 is 1.94 bits per heavy atom. The molecule has 0 aliphatic carbocycles. The van der Waals surface area contributed by atoms with Crippen LogP contribution in [0.25, 0.3) is 10.9 Å². The molecule has 1 aromatic heterocycles. The fourth-order valence-electron chi connectivity index (χ4n) is 4.31. The van der Waals surface area contributed by atoms with Gasteiger partial charge in [0.2, 0.25) is 0 Å². The number of rotatable bonds is 7. The first-order valence-electron chi connectivity index (χ1n) is 12.2. The van der Waals surface area contributed by atoms with Crippen molar-refractivity contribution in [3.63, 3.8) is 0 Å². The predicted octanol–water partition coefficient (Wildman–Crippen LogP) is 5.67. The highest BCUT2D eigenvalue weighted by atomic mass is 79.9. The third-order valence-corrected chi connectivity index (χ3v) is 6.39. The minimum atomic E-state index is -0.544. The molecule has 36 heavy (non-hydrogen) atoms. The summed E-state index contributed by atoms with van der Waals surface area (Å²) in [6.45, 7) is 9.10. The van der Waals surface area contributed by atoms with Gasteiger partial charge in [-0.3, -0.25) is 9.48 Å². The average Bonchev–Trinajstić information content (AvgIpc) is 3.42. The summed E-state index contributed by atoms with van der Waals surface area (Å²) in [5.74, 6) is 0.337. The molecule has 2 heterocycles. The zero-order valence-corrected chi connectivity index (χ0v) is 22.7. The molecule has 1 aliphatic heterocycles. The molecule has 0 radical (unpaired) electrons. The Bertz CT molecular complexity index is 1250. The fraction of sp³-hybridized carbons (Fsp3) is 0.444. The molecule has 2 aromatic carbocycles.